The molecule has 118 valence electrons. The molecule has 0 saturated carbocycles. The van der Waals surface area contributed by atoms with Crippen LogP contribution < -0.4 is 10.6 Å². The Morgan fingerprint density at radius 3 is 2.43 bits per heavy atom. The lowest BCUT2D eigenvalue weighted by Crippen LogP contribution is -2.13. The maximum Gasteiger partial charge on any atom is 0.255 e. The largest absolute Gasteiger partial charge is 0.323 e. The van der Waals surface area contributed by atoms with Crippen LogP contribution in [0.15, 0.2) is 53.5 Å². The van der Waals surface area contributed by atoms with Gasteiger partial charge in [-0.15, -0.1) is 0 Å². The van der Waals surface area contributed by atoms with Crippen LogP contribution >= 0.6 is 27.5 Å². The first-order chi connectivity index (χ1) is 10.9. The molecule has 0 aromatic heterocycles. The summed E-state index contributed by atoms with van der Waals surface area (Å²) in [6, 6.07) is 10.1. The highest BCUT2D eigenvalue weighted by molar-refractivity contribution is 9.10. The van der Waals surface area contributed by atoms with Gasteiger partial charge in [-0.25, -0.2) is 0 Å². The molecule has 0 heterocycles. The molecule has 0 saturated heterocycles. The van der Waals surface area contributed by atoms with E-state index in [1.807, 2.05) is 13.0 Å². The van der Waals surface area contributed by atoms with Crippen molar-refractivity contribution in [3.63, 3.8) is 0 Å². The van der Waals surface area contributed by atoms with Crippen LogP contribution in [0.2, 0.25) is 5.02 Å². The van der Waals surface area contributed by atoms with Crippen molar-refractivity contribution in [2.75, 3.05) is 10.6 Å². The highest BCUT2D eigenvalue weighted by Crippen LogP contribution is 2.29. The number of benzene rings is 2. The minimum Gasteiger partial charge on any atom is -0.323 e. The molecule has 0 aliphatic carbocycles. The number of carbonyl (C=O) groups is 2. The van der Waals surface area contributed by atoms with E-state index in [1.54, 1.807) is 30.3 Å². The monoisotopic (exact) mass is 392 g/mol. The number of rotatable bonds is 4. The highest BCUT2D eigenvalue weighted by Gasteiger charge is 2.10. The van der Waals surface area contributed by atoms with E-state index in [0.29, 0.717) is 22.0 Å². The van der Waals surface area contributed by atoms with E-state index >= 15 is 0 Å². The van der Waals surface area contributed by atoms with Crippen LogP contribution in [-0.4, -0.2) is 11.8 Å². The van der Waals surface area contributed by atoms with Crippen LogP contribution in [0.25, 0.3) is 0 Å². The predicted molar refractivity (Wildman–Crippen MR) is 97.1 cm³/mol. The molecule has 0 atom stereocenters. The van der Waals surface area contributed by atoms with Crippen LogP contribution in [0.4, 0.5) is 11.4 Å². The summed E-state index contributed by atoms with van der Waals surface area (Å²) < 4.78 is 0.775. The molecular weight excluding hydrogens is 380 g/mol. The molecule has 0 radical (unpaired) electrons. The fourth-order valence-corrected chi connectivity index (χ4v) is 2.50. The fourth-order valence-electron chi connectivity index (χ4n) is 1.87. The number of carbonyl (C=O) groups excluding carboxylic acids is 2. The molecule has 2 aromatic rings. The molecule has 0 aliphatic rings. The van der Waals surface area contributed by atoms with Crippen molar-refractivity contribution in [3.8, 4) is 0 Å². The lowest BCUT2D eigenvalue weighted by Gasteiger charge is -2.10. The van der Waals surface area contributed by atoms with E-state index in [1.165, 1.54) is 6.08 Å². The average molecular weight is 394 g/mol. The standard InChI is InChI=1S/C17H14BrClN2O2/c1-3-16(22)20-12-6-4-11(5-7-12)17(23)21-15-9-14(19)13(18)8-10(15)2/h3-9H,1H2,2H3,(H,20,22)(H,21,23). The topological polar surface area (TPSA) is 58.2 Å². The maximum atomic E-state index is 12.3. The Bertz CT molecular complexity index is 773. The summed E-state index contributed by atoms with van der Waals surface area (Å²) in [5, 5.41) is 5.96. The first kappa shape index (κ1) is 17.2. The van der Waals surface area contributed by atoms with Gasteiger partial charge in [-0.1, -0.05) is 18.2 Å². The van der Waals surface area contributed by atoms with Gasteiger partial charge in [0.25, 0.3) is 5.91 Å². The Hall–Kier alpha value is -2.11. The van der Waals surface area contributed by atoms with E-state index in [4.69, 9.17) is 11.6 Å². The van der Waals surface area contributed by atoms with Crippen LogP contribution in [0.1, 0.15) is 15.9 Å². The van der Waals surface area contributed by atoms with Crippen LogP contribution in [0.5, 0.6) is 0 Å². The summed E-state index contributed by atoms with van der Waals surface area (Å²) in [7, 11) is 0. The molecule has 0 aliphatic heterocycles. The fraction of sp³-hybridized carbons (Fsp3) is 0.0588. The first-order valence-corrected chi connectivity index (χ1v) is 7.88. The van der Waals surface area contributed by atoms with Crippen molar-refractivity contribution in [1.29, 1.82) is 0 Å². The molecule has 0 fully saturated rings. The summed E-state index contributed by atoms with van der Waals surface area (Å²) >= 11 is 9.39. The van der Waals surface area contributed by atoms with Crippen molar-refractivity contribution < 1.29 is 9.59 Å². The van der Waals surface area contributed by atoms with Gasteiger partial charge in [0, 0.05) is 21.4 Å². The number of halogens is 2. The van der Waals surface area contributed by atoms with Gasteiger partial charge in [0.15, 0.2) is 0 Å². The zero-order chi connectivity index (χ0) is 17.0. The second-order valence-corrected chi connectivity index (χ2v) is 6.07. The van der Waals surface area contributed by atoms with Gasteiger partial charge < -0.3 is 10.6 Å². The third-order valence-electron chi connectivity index (χ3n) is 3.12. The number of hydrogen-bond donors (Lipinski definition) is 2. The van der Waals surface area contributed by atoms with Crippen LogP contribution in [-0.2, 0) is 4.79 Å². The van der Waals surface area contributed by atoms with E-state index in [-0.39, 0.29) is 11.8 Å². The smallest absolute Gasteiger partial charge is 0.255 e. The van der Waals surface area contributed by atoms with Gasteiger partial charge in [0.05, 0.1) is 5.02 Å². The highest BCUT2D eigenvalue weighted by atomic mass is 79.9. The number of anilines is 2. The van der Waals surface area contributed by atoms with Crippen LogP contribution in [0, 0.1) is 6.92 Å². The molecule has 2 amide bonds. The van der Waals surface area contributed by atoms with Crippen molar-refractivity contribution in [2.45, 2.75) is 6.92 Å². The Kier molecular flexibility index (Phi) is 5.58. The second kappa shape index (κ2) is 7.44. The van der Waals surface area contributed by atoms with Crippen molar-refractivity contribution in [3.05, 3.63) is 69.7 Å². The Labute approximate surface area is 147 Å². The molecule has 23 heavy (non-hydrogen) atoms. The lowest BCUT2D eigenvalue weighted by molar-refractivity contribution is -0.111. The van der Waals surface area contributed by atoms with E-state index in [2.05, 4.69) is 33.1 Å². The number of amides is 2. The normalized spacial score (nSPS) is 10.0. The van der Waals surface area contributed by atoms with E-state index in [0.717, 1.165) is 10.0 Å². The molecule has 2 N–H and O–H groups in total. The molecule has 0 unspecified atom stereocenters. The summed E-state index contributed by atoms with van der Waals surface area (Å²) in [5.41, 5.74) is 2.60. The number of aryl methyl sites for hydroxylation is 1. The molecule has 2 aromatic carbocycles. The van der Waals surface area contributed by atoms with Crippen LogP contribution in [0.3, 0.4) is 0 Å². The van der Waals surface area contributed by atoms with E-state index in [9.17, 15) is 9.59 Å². The Morgan fingerprint density at radius 1 is 1.17 bits per heavy atom. The van der Waals surface area contributed by atoms with Gasteiger partial charge in [-0.05, 0) is 70.9 Å². The Balaban J connectivity index is 2.13. The maximum absolute atomic E-state index is 12.3. The zero-order valence-corrected chi connectivity index (χ0v) is 14.7. The van der Waals surface area contributed by atoms with Gasteiger partial charge in [-0.2, -0.15) is 0 Å². The van der Waals surface area contributed by atoms with Gasteiger partial charge in [0.2, 0.25) is 5.91 Å². The van der Waals surface area contributed by atoms with E-state index < -0.39 is 0 Å². The number of nitrogens with one attached hydrogen (secondary N) is 2. The van der Waals surface area contributed by atoms with Gasteiger partial charge in [0.1, 0.15) is 0 Å². The second-order valence-electron chi connectivity index (χ2n) is 4.81. The molecule has 0 bridgehead atoms. The summed E-state index contributed by atoms with van der Waals surface area (Å²) in [5.74, 6) is -0.560. The molecular formula is C17H14BrClN2O2. The third kappa shape index (κ3) is 4.43. The third-order valence-corrected chi connectivity index (χ3v) is 4.31. The lowest BCUT2D eigenvalue weighted by atomic mass is 10.1. The Morgan fingerprint density at radius 2 is 1.83 bits per heavy atom. The molecule has 0 spiro atoms. The van der Waals surface area contributed by atoms with Gasteiger partial charge >= 0.3 is 0 Å². The predicted octanol–water partition coefficient (Wildman–Crippen LogP) is 4.79. The average Bonchev–Trinajstić information content (AvgIpc) is 2.53. The quantitative estimate of drug-likeness (QED) is 0.734. The van der Waals surface area contributed by atoms with Crippen molar-refractivity contribution in [2.24, 2.45) is 0 Å². The molecule has 4 nitrogen and oxygen atoms in total. The first-order valence-electron chi connectivity index (χ1n) is 6.71. The van der Waals surface area contributed by atoms with Gasteiger partial charge in [-0.3, -0.25) is 9.59 Å². The van der Waals surface area contributed by atoms with Crippen molar-refractivity contribution in [1.82, 2.24) is 0 Å². The number of hydrogen-bond acceptors (Lipinski definition) is 2. The minimum atomic E-state index is -0.303. The summed E-state index contributed by atoms with van der Waals surface area (Å²) in [6.45, 7) is 5.26. The summed E-state index contributed by atoms with van der Waals surface area (Å²) in [6.07, 6.45) is 1.18. The summed E-state index contributed by atoms with van der Waals surface area (Å²) in [4.78, 5) is 23.5. The van der Waals surface area contributed by atoms with Crippen molar-refractivity contribution >= 4 is 50.7 Å². The zero-order valence-electron chi connectivity index (χ0n) is 12.3. The SMILES string of the molecule is C=CC(=O)Nc1ccc(C(=O)Nc2cc(Cl)c(Br)cc2C)cc1. The molecule has 2 rings (SSSR count). The molecule has 6 heteroatoms. The minimum absolute atomic E-state index is 0.256.